The molecular formula is C57H38N2O. The first-order chi connectivity index (χ1) is 29.5. The fourth-order valence-electron chi connectivity index (χ4n) is 9.67. The van der Waals surface area contributed by atoms with Crippen molar-refractivity contribution in [2.45, 2.75) is 19.3 Å². The van der Waals surface area contributed by atoms with E-state index in [1.165, 1.54) is 49.4 Å². The maximum absolute atomic E-state index is 6.40. The van der Waals surface area contributed by atoms with Crippen molar-refractivity contribution in [3.63, 3.8) is 0 Å². The van der Waals surface area contributed by atoms with Crippen molar-refractivity contribution in [3.05, 3.63) is 205 Å². The summed E-state index contributed by atoms with van der Waals surface area (Å²) in [4.78, 5) is 10.7. The largest absolute Gasteiger partial charge is 0.456 e. The Kier molecular flexibility index (Phi) is 7.58. The summed E-state index contributed by atoms with van der Waals surface area (Å²) in [5, 5.41) is 7.10. The molecule has 0 atom stereocenters. The summed E-state index contributed by atoms with van der Waals surface area (Å²) < 4.78 is 6.40. The highest BCUT2D eigenvalue weighted by molar-refractivity contribution is 6.11. The predicted octanol–water partition coefficient (Wildman–Crippen LogP) is 15.3. The summed E-state index contributed by atoms with van der Waals surface area (Å²) in [5.41, 5.74) is 16.3. The molecule has 1 aliphatic carbocycles. The highest BCUT2D eigenvalue weighted by Gasteiger charge is 2.37. The SMILES string of the molecule is CC1(C)c2cc3ccccc3cc2-c2c(-c3ccccc3-c3cc(-c4ccccc4-c4ccc5oc6cc7ccccc7cc6c5c4)nc(-c4ccccc4)n3)cccc21. The zero-order valence-electron chi connectivity index (χ0n) is 33.3. The van der Waals surface area contributed by atoms with Crippen LogP contribution in [0.1, 0.15) is 25.0 Å². The van der Waals surface area contributed by atoms with Crippen LogP contribution in [0.25, 0.3) is 111 Å². The fraction of sp³-hybridized carbons (Fsp3) is 0.0526. The van der Waals surface area contributed by atoms with Gasteiger partial charge in [0.1, 0.15) is 11.2 Å². The molecule has 0 spiro atoms. The maximum atomic E-state index is 6.40. The summed E-state index contributed by atoms with van der Waals surface area (Å²) in [6.07, 6.45) is 0. The summed E-state index contributed by atoms with van der Waals surface area (Å²) in [6.45, 7) is 4.72. The summed E-state index contributed by atoms with van der Waals surface area (Å²) in [6, 6.07) is 69.5. The minimum absolute atomic E-state index is 0.147. The lowest BCUT2D eigenvalue weighted by Gasteiger charge is -2.22. The first-order valence-electron chi connectivity index (χ1n) is 20.6. The van der Waals surface area contributed by atoms with E-state index in [4.69, 9.17) is 14.4 Å². The molecule has 0 bridgehead atoms. The zero-order valence-corrected chi connectivity index (χ0v) is 33.3. The number of furan rings is 1. The summed E-state index contributed by atoms with van der Waals surface area (Å²) in [5.74, 6) is 0.687. The quantitative estimate of drug-likeness (QED) is 0.175. The molecule has 0 N–H and O–H groups in total. The van der Waals surface area contributed by atoms with Crippen LogP contribution in [0.5, 0.6) is 0 Å². The standard InChI is InChI=1S/C57H38N2O/c1-57(2)49-26-14-25-45(55(49)48-30-37-18-6-8-19-38(37)32-50(48)57)42-22-11-13-24-44(42)52-34-51(58-56(59-52)35-15-4-3-5-16-35)43-23-12-10-21-41(43)40-27-28-53-46(31-40)47-29-36-17-7-9-20-39(36)33-54(47)60-53/h3-34H,1-2H3. The lowest BCUT2D eigenvalue weighted by Crippen LogP contribution is -2.14. The number of hydrogen-bond donors (Lipinski definition) is 0. The molecule has 1 aliphatic rings. The Bertz CT molecular complexity index is 3520. The first-order valence-corrected chi connectivity index (χ1v) is 20.6. The summed E-state index contributed by atoms with van der Waals surface area (Å²) >= 11 is 0. The van der Waals surface area contributed by atoms with Crippen molar-refractivity contribution in [2.75, 3.05) is 0 Å². The van der Waals surface area contributed by atoms with Crippen molar-refractivity contribution in [1.29, 1.82) is 0 Å². The molecular weight excluding hydrogens is 729 g/mol. The van der Waals surface area contributed by atoms with Crippen LogP contribution in [0.3, 0.4) is 0 Å². The second-order valence-electron chi connectivity index (χ2n) is 16.5. The molecule has 0 amide bonds. The molecule has 0 saturated carbocycles. The average molecular weight is 767 g/mol. The van der Waals surface area contributed by atoms with Gasteiger partial charge in [0.25, 0.3) is 0 Å². The molecule has 0 radical (unpaired) electrons. The molecule has 2 aromatic heterocycles. The van der Waals surface area contributed by atoms with Crippen molar-refractivity contribution in [3.8, 4) is 67.3 Å². The second kappa shape index (κ2) is 13.2. The van der Waals surface area contributed by atoms with Crippen LogP contribution in [-0.2, 0) is 5.41 Å². The van der Waals surface area contributed by atoms with Gasteiger partial charge >= 0.3 is 0 Å². The van der Waals surface area contributed by atoms with Crippen molar-refractivity contribution >= 4 is 43.5 Å². The van der Waals surface area contributed by atoms with Crippen LogP contribution < -0.4 is 0 Å². The summed E-state index contributed by atoms with van der Waals surface area (Å²) in [7, 11) is 0. The molecule has 9 aromatic carbocycles. The van der Waals surface area contributed by atoms with E-state index < -0.39 is 0 Å². The number of aromatic nitrogens is 2. The maximum Gasteiger partial charge on any atom is 0.160 e. The molecule has 2 heterocycles. The van der Waals surface area contributed by atoms with Crippen LogP contribution in [0.2, 0.25) is 0 Å². The number of rotatable bonds is 5. The van der Waals surface area contributed by atoms with Crippen LogP contribution in [0, 0.1) is 0 Å². The Morgan fingerprint density at radius 1 is 0.367 bits per heavy atom. The van der Waals surface area contributed by atoms with E-state index in [9.17, 15) is 0 Å². The van der Waals surface area contributed by atoms with Gasteiger partial charge in [0, 0.05) is 32.9 Å². The Morgan fingerprint density at radius 2 is 0.933 bits per heavy atom. The Balaban J connectivity index is 1.05. The van der Waals surface area contributed by atoms with Gasteiger partial charge in [0.2, 0.25) is 0 Å². The molecule has 0 aliphatic heterocycles. The van der Waals surface area contributed by atoms with Gasteiger partial charge in [-0.3, -0.25) is 0 Å². The van der Waals surface area contributed by atoms with Gasteiger partial charge in [-0.05, 0) is 109 Å². The number of nitrogens with zero attached hydrogens (tertiary/aromatic N) is 2. The van der Waals surface area contributed by atoms with E-state index >= 15 is 0 Å². The van der Waals surface area contributed by atoms with Crippen LogP contribution >= 0.6 is 0 Å². The van der Waals surface area contributed by atoms with Gasteiger partial charge < -0.3 is 4.42 Å². The lowest BCUT2D eigenvalue weighted by molar-refractivity contribution is 0.661. The van der Waals surface area contributed by atoms with Gasteiger partial charge in [0.05, 0.1) is 11.4 Å². The van der Waals surface area contributed by atoms with Gasteiger partial charge in [-0.1, -0.05) is 166 Å². The minimum atomic E-state index is -0.147. The Hall–Kier alpha value is -7.62. The third-order valence-electron chi connectivity index (χ3n) is 12.7. The van der Waals surface area contributed by atoms with E-state index in [1.54, 1.807) is 0 Å². The van der Waals surface area contributed by atoms with E-state index in [1.807, 2.05) is 6.07 Å². The molecule has 12 rings (SSSR count). The molecule has 3 nitrogen and oxygen atoms in total. The fourth-order valence-corrected chi connectivity index (χ4v) is 9.67. The lowest BCUT2D eigenvalue weighted by atomic mass is 9.81. The number of hydrogen-bond acceptors (Lipinski definition) is 3. The highest BCUT2D eigenvalue weighted by atomic mass is 16.3. The molecule has 0 fully saturated rings. The van der Waals surface area contributed by atoms with Gasteiger partial charge in [-0.2, -0.15) is 0 Å². The zero-order chi connectivity index (χ0) is 40.0. The van der Waals surface area contributed by atoms with E-state index in [0.29, 0.717) is 5.82 Å². The van der Waals surface area contributed by atoms with Gasteiger partial charge in [0.15, 0.2) is 5.82 Å². The minimum Gasteiger partial charge on any atom is -0.456 e. The van der Waals surface area contributed by atoms with Gasteiger partial charge in [-0.15, -0.1) is 0 Å². The third kappa shape index (κ3) is 5.36. The second-order valence-corrected chi connectivity index (χ2v) is 16.5. The third-order valence-corrected chi connectivity index (χ3v) is 12.7. The van der Waals surface area contributed by atoms with Gasteiger partial charge in [-0.25, -0.2) is 9.97 Å². The van der Waals surface area contributed by atoms with Crippen molar-refractivity contribution < 1.29 is 4.42 Å². The van der Waals surface area contributed by atoms with Crippen LogP contribution in [0.15, 0.2) is 199 Å². The number of fused-ring (bicyclic) bond motifs is 8. The van der Waals surface area contributed by atoms with Crippen molar-refractivity contribution in [1.82, 2.24) is 9.97 Å². The molecule has 0 saturated heterocycles. The molecule has 0 unspecified atom stereocenters. The van der Waals surface area contributed by atoms with Crippen LogP contribution in [-0.4, -0.2) is 9.97 Å². The van der Waals surface area contributed by atoms with E-state index in [-0.39, 0.29) is 5.41 Å². The monoisotopic (exact) mass is 766 g/mol. The smallest absolute Gasteiger partial charge is 0.160 e. The van der Waals surface area contributed by atoms with E-state index in [0.717, 1.165) is 66.7 Å². The molecule has 282 valence electrons. The number of benzene rings is 9. The Morgan fingerprint density at radius 3 is 1.67 bits per heavy atom. The van der Waals surface area contributed by atoms with Crippen LogP contribution in [0.4, 0.5) is 0 Å². The predicted molar refractivity (Wildman–Crippen MR) is 249 cm³/mol. The molecule has 11 aromatic rings. The average Bonchev–Trinajstić information content (AvgIpc) is 3.77. The first kappa shape index (κ1) is 34.4. The topological polar surface area (TPSA) is 38.9 Å². The Labute approximate surface area is 348 Å². The van der Waals surface area contributed by atoms with E-state index in [2.05, 4.69) is 202 Å². The highest BCUT2D eigenvalue weighted by Crippen LogP contribution is 2.54. The molecule has 3 heteroatoms. The molecule has 60 heavy (non-hydrogen) atoms. The normalized spacial score (nSPS) is 13.0. The van der Waals surface area contributed by atoms with Crippen molar-refractivity contribution in [2.24, 2.45) is 0 Å².